The molecule has 8 nitrogen and oxygen atoms in total. The van der Waals surface area contributed by atoms with E-state index < -0.39 is 12.0 Å². The summed E-state index contributed by atoms with van der Waals surface area (Å²) < 4.78 is 5.13. The van der Waals surface area contributed by atoms with Gasteiger partial charge in [-0.25, -0.2) is 10.3 Å². The third kappa shape index (κ3) is 7.55. The van der Waals surface area contributed by atoms with Crippen LogP contribution in [0.2, 0.25) is 0 Å². The Morgan fingerprint density at radius 3 is 2.55 bits per heavy atom. The lowest BCUT2D eigenvalue weighted by molar-refractivity contribution is -0.129. The van der Waals surface area contributed by atoms with Crippen molar-refractivity contribution in [1.29, 1.82) is 0 Å². The molecule has 3 N–H and O–H groups in total. The summed E-state index contributed by atoms with van der Waals surface area (Å²) in [4.78, 5) is 38.2. The highest BCUT2D eigenvalue weighted by molar-refractivity contribution is 7.09. The Morgan fingerprint density at radius 1 is 1.17 bits per heavy atom. The molecule has 0 saturated heterocycles. The average molecular weight is 420 g/mol. The number of amides is 3. The number of unbranched alkanes of at least 4 members (excludes halogenated alkanes) is 1. The zero-order valence-electron chi connectivity index (χ0n) is 16.2. The molecule has 0 aliphatic heterocycles. The molecule has 1 heterocycles. The summed E-state index contributed by atoms with van der Waals surface area (Å²) >= 11 is 1.52. The van der Waals surface area contributed by atoms with Crippen molar-refractivity contribution < 1.29 is 24.3 Å². The molecule has 0 unspecified atom stereocenters. The quantitative estimate of drug-likeness (QED) is 0.405. The molecule has 0 radical (unpaired) electrons. The monoisotopic (exact) mass is 419 g/mol. The van der Waals surface area contributed by atoms with Gasteiger partial charge in [0.25, 0.3) is 11.8 Å². The number of hydrogen-bond donors (Lipinski definition) is 3. The lowest BCUT2D eigenvalue weighted by Gasteiger charge is -2.21. The molecule has 0 saturated carbocycles. The van der Waals surface area contributed by atoms with Crippen LogP contribution in [0.25, 0.3) is 0 Å². The number of hydroxylamine groups is 1. The van der Waals surface area contributed by atoms with Crippen molar-refractivity contribution in [1.82, 2.24) is 15.7 Å². The van der Waals surface area contributed by atoms with E-state index in [0.717, 1.165) is 23.3 Å². The van der Waals surface area contributed by atoms with Crippen LogP contribution in [0, 0.1) is 0 Å². The second-order valence-corrected chi connectivity index (χ2v) is 7.35. The average Bonchev–Trinajstić information content (AvgIpc) is 3.27. The molecule has 9 heteroatoms. The van der Waals surface area contributed by atoms with E-state index in [0.29, 0.717) is 12.1 Å². The molecule has 0 atom stereocenters. The van der Waals surface area contributed by atoms with E-state index >= 15 is 0 Å². The summed E-state index contributed by atoms with van der Waals surface area (Å²) in [5.41, 5.74) is 2.78. The first-order valence-electron chi connectivity index (χ1n) is 9.27. The van der Waals surface area contributed by atoms with E-state index in [1.54, 1.807) is 29.7 Å². The number of nitrogens with one attached hydrogen (secondary N) is 2. The van der Waals surface area contributed by atoms with Crippen molar-refractivity contribution in [3.8, 4) is 0 Å². The fraction of sp³-hybridized carbons (Fsp3) is 0.350. The van der Waals surface area contributed by atoms with Gasteiger partial charge in [0, 0.05) is 23.5 Å². The minimum atomic E-state index is -0.642. The minimum Gasteiger partial charge on any atom is -0.444 e. The maximum absolute atomic E-state index is 12.7. The zero-order chi connectivity index (χ0) is 21.1. The molecule has 0 aliphatic carbocycles. The fourth-order valence-electron chi connectivity index (χ4n) is 2.51. The highest BCUT2D eigenvalue weighted by atomic mass is 32.1. The first-order valence-corrected chi connectivity index (χ1v) is 10.2. The predicted molar refractivity (Wildman–Crippen MR) is 109 cm³/mol. The van der Waals surface area contributed by atoms with E-state index in [1.165, 1.54) is 16.2 Å². The maximum atomic E-state index is 12.7. The zero-order valence-corrected chi connectivity index (χ0v) is 17.0. The molecule has 0 aliphatic rings. The van der Waals surface area contributed by atoms with Crippen LogP contribution in [0.1, 0.15) is 40.6 Å². The summed E-state index contributed by atoms with van der Waals surface area (Å²) in [7, 11) is 0. The van der Waals surface area contributed by atoms with Crippen molar-refractivity contribution >= 4 is 29.2 Å². The largest absolute Gasteiger partial charge is 0.444 e. The molecule has 29 heavy (non-hydrogen) atoms. The van der Waals surface area contributed by atoms with Gasteiger partial charge in [0.15, 0.2) is 0 Å². The minimum absolute atomic E-state index is 0.214. The van der Waals surface area contributed by atoms with Gasteiger partial charge in [0.2, 0.25) is 0 Å². The van der Waals surface area contributed by atoms with Crippen molar-refractivity contribution in [3.05, 3.63) is 57.8 Å². The number of carbonyl (C=O) groups excluding carboxylic acids is 3. The van der Waals surface area contributed by atoms with Gasteiger partial charge in [-0.3, -0.25) is 14.8 Å². The van der Waals surface area contributed by atoms with Crippen molar-refractivity contribution in [2.75, 3.05) is 13.1 Å². The van der Waals surface area contributed by atoms with Crippen LogP contribution < -0.4 is 10.8 Å². The number of nitrogens with zero attached hydrogens (tertiary/aromatic N) is 1. The number of thiophene rings is 1. The molecule has 3 amide bonds. The fourth-order valence-corrected chi connectivity index (χ4v) is 3.13. The standard InChI is InChI=1S/C20H25N3O5S/c1-2-3-10-23(13-18(24)22-27)19(25)16-8-6-15(7-9-16)12-21-20(26)28-14-17-5-4-11-29-17/h4-9,11,27H,2-3,10,12-14H2,1H3,(H,21,26)(H,22,24). The van der Waals surface area contributed by atoms with E-state index in [9.17, 15) is 14.4 Å². The summed E-state index contributed by atoms with van der Waals surface area (Å²) in [6.07, 6.45) is 1.11. The lowest BCUT2D eigenvalue weighted by atomic mass is 10.1. The first kappa shape index (κ1) is 22.4. The molecule has 0 bridgehead atoms. The predicted octanol–water partition coefficient (Wildman–Crippen LogP) is 2.92. The Balaban J connectivity index is 1.87. The van der Waals surface area contributed by atoms with Crippen LogP contribution in [0.4, 0.5) is 4.79 Å². The van der Waals surface area contributed by atoms with Crippen molar-refractivity contribution in [2.45, 2.75) is 32.9 Å². The van der Waals surface area contributed by atoms with Gasteiger partial charge in [-0.1, -0.05) is 31.5 Å². The molecule has 2 aromatic rings. The van der Waals surface area contributed by atoms with Gasteiger partial charge in [-0.15, -0.1) is 11.3 Å². The molecule has 0 spiro atoms. The smallest absolute Gasteiger partial charge is 0.407 e. The third-order valence-corrected chi connectivity index (χ3v) is 4.94. The highest BCUT2D eigenvalue weighted by Gasteiger charge is 2.18. The van der Waals surface area contributed by atoms with E-state index in [4.69, 9.17) is 9.94 Å². The van der Waals surface area contributed by atoms with Gasteiger partial charge in [-0.2, -0.15) is 0 Å². The summed E-state index contributed by atoms with van der Waals surface area (Å²) in [6.45, 7) is 2.69. The van der Waals surface area contributed by atoms with Gasteiger partial charge in [0.1, 0.15) is 13.2 Å². The third-order valence-electron chi connectivity index (χ3n) is 4.09. The number of rotatable bonds is 10. The molecule has 2 rings (SSSR count). The van der Waals surface area contributed by atoms with Crippen LogP contribution in [0.15, 0.2) is 41.8 Å². The summed E-state index contributed by atoms with van der Waals surface area (Å²) in [5.74, 6) is -0.937. The SMILES string of the molecule is CCCCN(CC(=O)NO)C(=O)c1ccc(CNC(=O)OCc2cccs2)cc1. The second-order valence-electron chi connectivity index (χ2n) is 6.32. The van der Waals surface area contributed by atoms with E-state index in [1.807, 2.05) is 24.4 Å². The van der Waals surface area contributed by atoms with Crippen LogP contribution in [0.5, 0.6) is 0 Å². The van der Waals surface area contributed by atoms with Gasteiger partial charge in [0.05, 0.1) is 0 Å². The number of hydrogen-bond acceptors (Lipinski definition) is 6. The molecule has 1 aromatic heterocycles. The molecule has 156 valence electrons. The number of ether oxygens (including phenoxy) is 1. The van der Waals surface area contributed by atoms with Crippen molar-refractivity contribution in [2.24, 2.45) is 0 Å². The highest BCUT2D eigenvalue weighted by Crippen LogP contribution is 2.11. The number of carbonyl (C=O) groups is 3. The second kappa shape index (κ2) is 11.8. The number of alkyl carbamates (subject to hydrolysis) is 1. The van der Waals surface area contributed by atoms with Crippen LogP contribution in [-0.2, 0) is 22.7 Å². The molecular weight excluding hydrogens is 394 g/mol. The normalized spacial score (nSPS) is 10.3. The Bertz CT molecular complexity index is 793. The van der Waals surface area contributed by atoms with Crippen LogP contribution >= 0.6 is 11.3 Å². The molecular formula is C20H25N3O5S. The Kier molecular flexibility index (Phi) is 9.13. The summed E-state index contributed by atoms with van der Waals surface area (Å²) in [6, 6.07) is 10.5. The van der Waals surface area contributed by atoms with E-state index in [-0.39, 0.29) is 25.6 Å². The Labute approximate surface area is 173 Å². The van der Waals surface area contributed by atoms with Crippen LogP contribution in [-0.4, -0.2) is 41.1 Å². The Hall–Kier alpha value is -2.91. The maximum Gasteiger partial charge on any atom is 0.407 e. The number of benzene rings is 1. The Morgan fingerprint density at radius 2 is 1.93 bits per heavy atom. The van der Waals surface area contributed by atoms with Crippen molar-refractivity contribution in [3.63, 3.8) is 0 Å². The lowest BCUT2D eigenvalue weighted by Crippen LogP contribution is -2.40. The topological polar surface area (TPSA) is 108 Å². The molecule has 0 fully saturated rings. The molecule has 1 aromatic carbocycles. The van der Waals surface area contributed by atoms with Gasteiger partial charge in [-0.05, 0) is 35.6 Å². The van der Waals surface area contributed by atoms with Gasteiger partial charge >= 0.3 is 6.09 Å². The first-order chi connectivity index (χ1) is 14.0. The van der Waals surface area contributed by atoms with Crippen LogP contribution in [0.3, 0.4) is 0 Å². The summed E-state index contributed by atoms with van der Waals surface area (Å²) in [5, 5.41) is 13.3. The van der Waals surface area contributed by atoms with Gasteiger partial charge < -0.3 is 15.0 Å². The van der Waals surface area contributed by atoms with E-state index in [2.05, 4.69) is 5.32 Å².